The normalized spacial score (nSPS) is 14.8. The largest absolute Gasteiger partial charge is 0.493 e. The molecule has 3 aromatic rings. The highest BCUT2D eigenvalue weighted by Gasteiger charge is 2.23. The average Bonchev–Trinajstić information content (AvgIpc) is 3.22. The molecular weight excluding hydrogens is 473 g/mol. The minimum absolute atomic E-state index is 0.0896. The van der Waals surface area contributed by atoms with E-state index in [2.05, 4.69) is 15.6 Å². The van der Waals surface area contributed by atoms with Gasteiger partial charge in [-0.25, -0.2) is 4.98 Å². The molecule has 2 aromatic carbocycles. The fourth-order valence-corrected chi connectivity index (χ4v) is 4.37. The molecule has 0 fully saturated rings. The molecule has 0 saturated heterocycles. The monoisotopic (exact) mass is 491 g/mol. The van der Waals surface area contributed by atoms with E-state index in [-0.39, 0.29) is 24.5 Å². The van der Waals surface area contributed by atoms with Crippen molar-refractivity contribution in [2.45, 2.75) is 19.4 Å². The Morgan fingerprint density at radius 2 is 2.09 bits per heavy atom. The van der Waals surface area contributed by atoms with Gasteiger partial charge in [0.05, 0.1) is 23.4 Å². The van der Waals surface area contributed by atoms with E-state index >= 15 is 0 Å². The van der Waals surface area contributed by atoms with Crippen molar-refractivity contribution in [3.8, 4) is 22.8 Å². The van der Waals surface area contributed by atoms with Gasteiger partial charge in [0, 0.05) is 40.9 Å². The van der Waals surface area contributed by atoms with Crippen molar-refractivity contribution in [2.75, 3.05) is 18.5 Å². The number of nitrogens with one attached hydrogen (secondary N) is 2. The first-order chi connectivity index (χ1) is 15.4. The van der Waals surface area contributed by atoms with Gasteiger partial charge < -0.3 is 14.8 Å². The first kappa shape index (κ1) is 22.4. The van der Waals surface area contributed by atoms with Gasteiger partial charge in [0.1, 0.15) is 11.5 Å². The molecule has 10 heteroatoms. The van der Waals surface area contributed by atoms with E-state index in [1.165, 1.54) is 18.3 Å². The molecule has 0 aliphatic carbocycles. The molecule has 1 aromatic heterocycles. The Kier molecular flexibility index (Phi) is 6.83. The fourth-order valence-electron chi connectivity index (χ4n) is 3.30. The van der Waals surface area contributed by atoms with Gasteiger partial charge in [-0.3, -0.25) is 14.9 Å². The second-order valence-corrected chi connectivity index (χ2v) is 8.79. The van der Waals surface area contributed by atoms with Crippen LogP contribution in [0, 0.1) is 0 Å². The predicted octanol–water partition coefficient (Wildman–Crippen LogP) is 5.09. The number of benzene rings is 2. The van der Waals surface area contributed by atoms with E-state index in [1.807, 2.05) is 23.6 Å². The summed E-state index contributed by atoms with van der Waals surface area (Å²) in [4.78, 5) is 28.3. The van der Waals surface area contributed by atoms with Crippen LogP contribution in [0.25, 0.3) is 11.3 Å². The van der Waals surface area contributed by atoms with Gasteiger partial charge in [-0.2, -0.15) is 0 Å². The average molecular weight is 492 g/mol. The Labute approximate surface area is 198 Å². The summed E-state index contributed by atoms with van der Waals surface area (Å²) in [5.74, 6) is 0.623. The molecule has 1 aliphatic rings. The third-order valence-electron chi connectivity index (χ3n) is 4.73. The fraction of sp³-hybridized carbons (Fsp3) is 0.227. The van der Waals surface area contributed by atoms with Crippen molar-refractivity contribution >= 4 is 51.5 Å². The summed E-state index contributed by atoms with van der Waals surface area (Å²) in [6, 6.07) is 10.4. The third kappa shape index (κ3) is 5.32. The van der Waals surface area contributed by atoms with Crippen LogP contribution in [0.4, 0.5) is 5.13 Å². The molecule has 1 unspecified atom stereocenters. The zero-order valence-corrected chi connectivity index (χ0v) is 19.3. The minimum atomic E-state index is -0.369. The summed E-state index contributed by atoms with van der Waals surface area (Å²) in [6.45, 7) is 1.81. The second-order valence-electron chi connectivity index (χ2n) is 7.09. The first-order valence-electron chi connectivity index (χ1n) is 9.76. The summed E-state index contributed by atoms with van der Waals surface area (Å²) < 4.78 is 11.2. The van der Waals surface area contributed by atoms with E-state index in [0.717, 1.165) is 16.9 Å². The lowest BCUT2D eigenvalue weighted by atomic mass is 9.97. The SMILES string of the molecule is CC(=O)NC1CCOc2ccc(-c3csc(NC(=O)COc4cc(Cl)ccc4Cl)n3)cc21. The highest BCUT2D eigenvalue weighted by Crippen LogP contribution is 2.36. The molecule has 166 valence electrons. The molecule has 2 N–H and O–H groups in total. The Hall–Kier alpha value is -2.81. The topological polar surface area (TPSA) is 89.6 Å². The van der Waals surface area contributed by atoms with Crippen LogP contribution in [0.1, 0.15) is 24.9 Å². The molecule has 0 saturated carbocycles. The van der Waals surface area contributed by atoms with Crippen LogP contribution in [-0.2, 0) is 9.59 Å². The lowest BCUT2D eigenvalue weighted by Crippen LogP contribution is -2.30. The summed E-state index contributed by atoms with van der Waals surface area (Å²) in [6.07, 6.45) is 0.699. The molecule has 1 atom stereocenters. The molecule has 32 heavy (non-hydrogen) atoms. The van der Waals surface area contributed by atoms with Crippen LogP contribution in [-0.4, -0.2) is 30.0 Å². The standard InChI is InChI=1S/C22H19Cl2N3O4S/c1-12(28)25-17-6-7-30-19-5-2-13(8-15(17)19)18-11-32-22(26-18)27-21(29)10-31-20-9-14(23)3-4-16(20)24/h2-5,8-9,11,17H,6-7,10H2,1H3,(H,25,28)(H,26,27,29). The highest BCUT2D eigenvalue weighted by atomic mass is 35.5. The number of hydrogen-bond acceptors (Lipinski definition) is 6. The zero-order valence-electron chi connectivity index (χ0n) is 17.0. The third-order valence-corrected chi connectivity index (χ3v) is 6.03. The van der Waals surface area contributed by atoms with Gasteiger partial charge in [-0.15, -0.1) is 11.3 Å². The number of hydrogen-bond donors (Lipinski definition) is 2. The number of carbonyl (C=O) groups is 2. The summed E-state index contributed by atoms with van der Waals surface area (Å²) in [7, 11) is 0. The summed E-state index contributed by atoms with van der Waals surface area (Å²) in [5, 5.41) is 8.80. The number of thiazole rings is 1. The Morgan fingerprint density at radius 1 is 1.25 bits per heavy atom. The summed E-state index contributed by atoms with van der Waals surface area (Å²) in [5.41, 5.74) is 2.48. The Bertz CT molecular complexity index is 1170. The molecule has 0 spiro atoms. The van der Waals surface area contributed by atoms with Gasteiger partial charge in [0.25, 0.3) is 5.91 Å². The molecule has 7 nitrogen and oxygen atoms in total. The number of nitrogens with zero attached hydrogens (tertiary/aromatic N) is 1. The van der Waals surface area contributed by atoms with Gasteiger partial charge in [-0.1, -0.05) is 23.2 Å². The zero-order chi connectivity index (χ0) is 22.7. The van der Waals surface area contributed by atoms with Crippen LogP contribution in [0.2, 0.25) is 10.0 Å². The van der Waals surface area contributed by atoms with Crippen molar-refractivity contribution in [2.24, 2.45) is 0 Å². The van der Waals surface area contributed by atoms with Crippen molar-refractivity contribution in [3.05, 3.63) is 57.4 Å². The molecular formula is C22H19Cl2N3O4S. The van der Waals surface area contributed by atoms with Gasteiger partial charge >= 0.3 is 0 Å². The van der Waals surface area contributed by atoms with E-state index in [4.69, 9.17) is 32.7 Å². The van der Waals surface area contributed by atoms with Crippen LogP contribution in [0.5, 0.6) is 11.5 Å². The number of anilines is 1. The Balaban J connectivity index is 1.43. The van der Waals surface area contributed by atoms with Crippen molar-refractivity contribution in [3.63, 3.8) is 0 Å². The quantitative estimate of drug-likeness (QED) is 0.500. The number of rotatable bonds is 6. The van der Waals surface area contributed by atoms with Crippen LogP contribution in [0.15, 0.2) is 41.8 Å². The number of halogens is 2. The maximum Gasteiger partial charge on any atom is 0.264 e. The van der Waals surface area contributed by atoms with E-state index in [0.29, 0.717) is 39.6 Å². The van der Waals surface area contributed by atoms with Crippen molar-refractivity contribution < 1.29 is 19.1 Å². The molecule has 0 radical (unpaired) electrons. The maximum absolute atomic E-state index is 12.3. The van der Waals surface area contributed by atoms with E-state index in [1.54, 1.807) is 18.2 Å². The predicted molar refractivity (Wildman–Crippen MR) is 125 cm³/mol. The highest BCUT2D eigenvalue weighted by molar-refractivity contribution is 7.14. The first-order valence-corrected chi connectivity index (χ1v) is 11.4. The molecule has 2 amide bonds. The molecule has 4 rings (SSSR count). The number of fused-ring (bicyclic) bond motifs is 1. The molecule has 2 heterocycles. The van der Waals surface area contributed by atoms with Crippen molar-refractivity contribution in [1.82, 2.24) is 10.3 Å². The maximum atomic E-state index is 12.3. The molecule has 0 bridgehead atoms. The number of amides is 2. The van der Waals surface area contributed by atoms with Crippen LogP contribution < -0.4 is 20.1 Å². The van der Waals surface area contributed by atoms with Gasteiger partial charge in [0.2, 0.25) is 5.91 Å². The van der Waals surface area contributed by atoms with E-state index < -0.39 is 0 Å². The minimum Gasteiger partial charge on any atom is -0.493 e. The van der Waals surface area contributed by atoms with E-state index in [9.17, 15) is 9.59 Å². The second kappa shape index (κ2) is 9.77. The van der Waals surface area contributed by atoms with Crippen molar-refractivity contribution in [1.29, 1.82) is 0 Å². The lowest BCUT2D eigenvalue weighted by molar-refractivity contribution is -0.120. The van der Waals surface area contributed by atoms with Gasteiger partial charge in [-0.05, 0) is 30.3 Å². The number of ether oxygens (including phenoxy) is 2. The lowest BCUT2D eigenvalue weighted by Gasteiger charge is -2.26. The smallest absolute Gasteiger partial charge is 0.264 e. The molecule has 1 aliphatic heterocycles. The number of carbonyl (C=O) groups excluding carboxylic acids is 2. The Morgan fingerprint density at radius 3 is 2.91 bits per heavy atom. The van der Waals surface area contributed by atoms with Crippen LogP contribution >= 0.6 is 34.5 Å². The van der Waals surface area contributed by atoms with Crippen LogP contribution in [0.3, 0.4) is 0 Å². The summed E-state index contributed by atoms with van der Waals surface area (Å²) >= 11 is 13.3. The number of aromatic nitrogens is 1. The van der Waals surface area contributed by atoms with Gasteiger partial charge in [0.15, 0.2) is 11.7 Å².